The van der Waals surface area contributed by atoms with Gasteiger partial charge in [-0.1, -0.05) is 38.7 Å². The van der Waals surface area contributed by atoms with Crippen molar-refractivity contribution in [2.75, 3.05) is 11.9 Å². The van der Waals surface area contributed by atoms with Gasteiger partial charge < -0.3 is 11.1 Å². The zero-order valence-corrected chi connectivity index (χ0v) is 11.4. The molecule has 18 heavy (non-hydrogen) atoms. The molecule has 0 heterocycles. The van der Waals surface area contributed by atoms with Crippen LogP contribution < -0.4 is 11.1 Å². The molecule has 0 aromatic heterocycles. The SMILES string of the molecule is Cc1ccc(NC(=O)C(C)(C)C)c(C#CCN)c1. The fraction of sp³-hybridized carbons (Fsp3) is 0.400. The normalized spacial score (nSPS) is 10.5. The minimum absolute atomic E-state index is 0.0258. The summed E-state index contributed by atoms with van der Waals surface area (Å²) in [4.78, 5) is 12.0. The molecule has 1 aromatic rings. The van der Waals surface area contributed by atoms with Crippen LogP contribution in [0.4, 0.5) is 5.69 Å². The summed E-state index contributed by atoms with van der Waals surface area (Å²) in [6.45, 7) is 7.93. The van der Waals surface area contributed by atoms with E-state index in [4.69, 9.17) is 5.73 Å². The Balaban J connectivity index is 3.05. The zero-order valence-electron chi connectivity index (χ0n) is 11.4. The van der Waals surface area contributed by atoms with E-state index in [1.54, 1.807) is 0 Å². The predicted molar refractivity (Wildman–Crippen MR) is 75.2 cm³/mol. The van der Waals surface area contributed by atoms with Gasteiger partial charge in [0.25, 0.3) is 0 Å². The van der Waals surface area contributed by atoms with E-state index < -0.39 is 5.41 Å². The largest absolute Gasteiger partial charge is 0.325 e. The summed E-state index contributed by atoms with van der Waals surface area (Å²) in [6, 6.07) is 5.77. The molecule has 3 nitrogen and oxygen atoms in total. The summed E-state index contributed by atoms with van der Waals surface area (Å²) in [6.07, 6.45) is 0. The van der Waals surface area contributed by atoms with Crippen molar-refractivity contribution in [2.24, 2.45) is 11.1 Å². The third-order valence-corrected chi connectivity index (χ3v) is 2.43. The molecular weight excluding hydrogens is 224 g/mol. The number of hydrogen-bond acceptors (Lipinski definition) is 2. The lowest BCUT2D eigenvalue weighted by Crippen LogP contribution is -2.27. The number of amides is 1. The molecule has 0 saturated heterocycles. The second kappa shape index (κ2) is 5.70. The van der Waals surface area contributed by atoms with Gasteiger partial charge in [0.1, 0.15) is 0 Å². The summed E-state index contributed by atoms with van der Waals surface area (Å²) in [5.74, 6) is 5.77. The molecule has 1 amide bonds. The Morgan fingerprint density at radius 3 is 2.61 bits per heavy atom. The summed E-state index contributed by atoms with van der Waals surface area (Å²) >= 11 is 0. The van der Waals surface area contributed by atoms with Crippen LogP contribution in [0.25, 0.3) is 0 Å². The van der Waals surface area contributed by atoms with Gasteiger partial charge in [0.2, 0.25) is 5.91 Å². The van der Waals surface area contributed by atoms with E-state index in [2.05, 4.69) is 17.2 Å². The van der Waals surface area contributed by atoms with Crippen LogP contribution in [0.15, 0.2) is 18.2 Å². The Hall–Kier alpha value is -1.79. The Labute approximate surface area is 109 Å². The lowest BCUT2D eigenvalue weighted by atomic mass is 9.95. The summed E-state index contributed by atoms with van der Waals surface area (Å²) in [7, 11) is 0. The molecule has 3 N–H and O–H groups in total. The fourth-order valence-electron chi connectivity index (χ4n) is 1.33. The van der Waals surface area contributed by atoms with Gasteiger partial charge in [-0.15, -0.1) is 0 Å². The number of carbonyl (C=O) groups excluding carboxylic acids is 1. The molecule has 0 aliphatic heterocycles. The standard InChI is InChI=1S/C15H20N2O/c1-11-7-8-13(12(10-11)6-5-9-16)17-14(18)15(2,3)4/h7-8,10H,9,16H2,1-4H3,(H,17,18). The Bertz CT molecular complexity index is 501. The second-order valence-corrected chi connectivity index (χ2v) is 5.26. The highest BCUT2D eigenvalue weighted by molar-refractivity contribution is 5.95. The maximum atomic E-state index is 12.0. The first-order valence-electron chi connectivity index (χ1n) is 5.95. The number of carbonyl (C=O) groups is 1. The van der Waals surface area contributed by atoms with Crippen LogP contribution in [0.2, 0.25) is 0 Å². The first-order chi connectivity index (χ1) is 8.34. The van der Waals surface area contributed by atoms with Crippen LogP contribution in [-0.2, 0) is 4.79 Å². The molecule has 0 aliphatic rings. The molecule has 0 saturated carbocycles. The number of hydrogen-bond donors (Lipinski definition) is 2. The lowest BCUT2D eigenvalue weighted by Gasteiger charge is -2.18. The van der Waals surface area contributed by atoms with Gasteiger partial charge in [0.05, 0.1) is 12.2 Å². The minimum atomic E-state index is -0.427. The van der Waals surface area contributed by atoms with Gasteiger partial charge in [-0.2, -0.15) is 0 Å². The molecule has 0 spiro atoms. The maximum Gasteiger partial charge on any atom is 0.229 e. The molecule has 0 atom stereocenters. The van der Waals surface area contributed by atoms with Gasteiger partial charge in [0, 0.05) is 11.0 Å². The first-order valence-corrected chi connectivity index (χ1v) is 5.95. The third-order valence-electron chi connectivity index (χ3n) is 2.43. The molecule has 0 unspecified atom stereocenters. The maximum absolute atomic E-state index is 12.0. The second-order valence-electron chi connectivity index (χ2n) is 5.26. The van der Waals surface area contributed by atoms with E-state index in [0.717, 1.165) is 16.8 Å². The van der Waals surface area contributed by atoms with Crippen LogP contribution in [0.3, 0.4) is 0 Å². The van der Waals surface area contributed by atoms with E-state index in [0.29, 0.717) is 6.54 Å². The highest BCUT2D eigenvalue weighted by Crippen LogP contribution is 2.21. The van der Waals surface area contributed by atoms with Crippen molar-refractivity contribution in [1.82, 2.24) is 0 Å². The van der Waals surface area contributed by atoms with Crippen LogP contribution >= 0.6 is 0 Å². The number of benzene rings is 1. The van der Waals surface area contributed by atoms with Gasteiger partial charge in [0.15, 0.2) is 0 Å². The van der Waals surface area contributed by atoms with Crippen molar-refractivity contribution in [3.63, 3.8) is 0 Å². The molecule has 96 valence electrons. The minimum Gasteiger partial charge on any atom is -0.325 e. The average molecular weight is 244 g/mol. The van der Waals surface area contributed by atoms with Crippen LogP contribution in [-0.4, -0.2) is 12.5 Å². The van der Waals surface area contributed by atoms with E-state index in [9.17, 15) is 4.79 Å². The van der Waals surface area contributed by atoms with Crippen LogP contribution in [0, 0.1) is 24.2 Å². The van der Waals surface area contributed by atoms with Crippen molar-refractivity contribution < 1.29 is 4.79 Å². The summed E-state index contributed by atoms with van der Waals surface area (Å²) < 4.78 is 0. The number of nitrogens with one attached hydrogen (secondary N) is 1. The number of aryl methyl sites for hydroxylation is 1. The third kappa shape index (κ3) is 3.90. The number of nitrogens with two attached hydrogens (primary N) is 1. The van der Waals surface area contributed by atoms with Gasteiger partial charge in [-0.25, -0.2) is 0 Å². The zero-order chi connectivity index (χ0) is 13.8. The lowest BCUT2D eigenvalue weighted by molar-refractivity contribution is -0.123. The summed E-state index contributed by atoms with van der Waals surface area (Å²) in [5, 5.41) is 2.90. The highest BCUT2D eigenvalue weighted by Gasteiger charge is 2.21. The topological polar surface area (TPSA) is 55.1 Å². The molecule has 0 bridgehead atoms. The van der Waals surface area contributed by atoms with Crippen molar-refractivity contribution in [1.29, 1.82) is 0 Å². The Morgan fingerprint density at radius 2 is 2.06 bits per heavy atom. The van der Waals surface area contributed by atoms with Gasteiger partial charge in [-0.05, 0) is 24.6 Å². The molecule has 3 heteroatoms. The Morgan fingerprint density at radius 1 is 1.39 bits per heavy atom. The van der Waals surface area contributed by atoms with Crippen molar-refractivity contribution in [3.05, 3.63) is 29.3 Å². The smallest absolute Gasteiger partial charge is 0.229 e. The van der Waals surface area contributed by atoms with Crippen molar-refractivity contribution >= 4 is 11.6 Å². The van der Waals surface area contributed by atoms with E-state index >= 15 is 0 Å². The molecule has 1 rings (SSSR count). The van der Waals surface area contributed by atoms with Crippen molar-refractivity contribution in [3.8, 4) is 11.8 Å². The van der Waals surface area contributed by atoms with E-state index in [-0.39, 0.29) is 5.91 Å². The fourth-order valence-corrected chi connectivity index (χ4v) is 1.33. The van der Waals surface area contributed by atoms with Crippen LogP contribution in [0.1, 0.15) is 31.9 Å². The average Bonchev–Trinajstić information content (AvgIpc) is 2.28. The first kappa shape index (κ1) is 14.3. The molecule has 0 aliphatic carbocycles. The highest BCUT2D eigenvalue weighted by atomic mass is 16.2. The number of rotatable bonds is 1. The number of anilines is 1. The quantitative estimate of drug-likeness (QED) is 0.745. The molecule has 0 radical (unpaired) electrons. The molecule has 0 fully saturated rings. The van der Waals surface area contributed by atoms with E-state index in [1.807, 2.05) is 45.9 Å². The Kier molecular flexibility index (Phi) is 4.52. The van der Waals surface area contributed by atoms with Crippen molar-refractivity contribution in [2.45, 2.75) is 27.7 Å². The van der Waals surface area contributed by atoms with E-state index in [1.165, 1.54) is 0 Å². The predicted octanol–water partition coefficient (Wildman–Crippen LogP) is 2.29. The van der Waals surface area contributed by atoms with Crippen LogP contribution in [0.5, 0.6) is 0 Å². The monoisotopic (exact) mass is 244 g/mol. The molecular formula is C15H20N2O. The molecule has 1 aromatic carbocycles. The summed E-state index contributed by atoms with van der Waals surface area (Å²) in [5.41, 5.74) is 7.59. The van der Waals surface area contributed by atoms with Gasteiger partial charge in [-0.3, -0.25) is 4.79 Å². The van der Waals surface area contributed by atoms with Gasteiger partial charge >= 0.3 is 0 Å².